The Kier molecular flexibility index (Phi) is 4.85. The summed E-state index contributed by atoms with van der Waals surface area (Å²) in [6.45, 7) is 8.03. The van der Waals surface area contributed by atoms with Crippen LogP contribution in [-0.2, 0) is 5.54 Å². The van der Waals surface area contributed by atoms with Crippen LogP contribution in [0.15, 0.2) is 24.3 Å². The molecule has 20 heavy (non-hydrogen) atoms. The molecule has 0 fully saturated rings. The highest BCUT2D eigenvalue weighted by atomic mass is 14.8. The number of rotatable bonds is 6. The molecular weight excluding hydrogens is 248 g/mol. The lowest BCUT2D eigenvalue weighted by Crippen LogP contribution is -2.48. The van der Waals surface area contributed by atoms with E-state index in [9.17, 15) is 0 Å². The van der Waals surface area contributed by atoms with Crippen LogP contribution in [-0.4, -0.2) is 11.1 Å². The first-order valence-corrected chi connectivity index (χ1v) is 7.15. The quantitative estimate of drug-likeness (QED) is 0.598. The van der Waals surface area contributed by atoms with Crippen LogP contribution < -0.4 is 22.9 Å². The Labute approximate surface area is 122 Å². The molecule has 2 atom stereocenters. The first-order valence-electron chi connectivity index (χ1n) is 7.15. The normalized spacial score (nSPS) is 18.4. The van der Waals surface area contributed by atoms with Gasteiger partial charge in [-0.05, 0) is 58.6 Å². The van der Waals surface area contributed by atoms with Crippen LogP contribution in [0.5, 0.6) is 0 Å². The van der Waals surface area contributed by atoms with Crippen LogP contribution in [0, 0.1) is 0 Å². The third-order valence-electron chi connectivity index (χ3n) is 3.65. The number of hydrogen-bond donors (Lipinski definition) is 4. The lowest BCUT2D eigenvalue weighted by Gasteiger charge is -2.35. The largest absolute Gasteiger partial charge is 0.398 e. The van der Waals surface area contributed by atoms with Crippen molar-refractivity contribution in [2.45, 2.75) is 63.6 Å². The first-order chi connectivity index (χ1) is 8.93. The molecule has 0 aromatic heterocycles. The average Bonchev–Trinajstić information content (AvgIpc) is 2.24. The summed E-state index contributed by atoms with van der Waals surface area (Å²) in [5, 5.41) is 0. The van der Waals surface area contributed by atoms with E-state index in [1.165, 1.54) is 0 Å². The lowest BCUT2D eigenvalue weighted by molar-refractivity contribution is 0.279. The fourth-order valence-corrected chi connectivity index (χ4v) is 2.83. The van der Waals surface area contributed by atoms with Crippen molar-refractivity contribution in [1.29, 1.82) is 0 Å². The van der Waals surface area contributed by atoms with Gasteiger partial charge in [0.15, 0.2) is 0 Å². The molecule has 0 aliphatic heterocycles. The summed E-state index contributed by atoms with van der Waals surface area (Å²) in [6, 6.07) is 7.74. The Bertz CT molecular complexity index is 444. The molecular formula is C16H30N4. The van der Waals surface area contributed by atoms with Gasteiger partial charge >= 0.3 is 0 Å². The topological polar surface area (TPSA) is 104 Å². The van der Waals surface area contributed by atoms with Crippen LogP contribution >= 0.6 is 0 Å². The van der Waals surface area contributed by atoms with Crippen molar-refractivity contribution in [1.82, 2.24) is 0 Å². The molecule has 114 valence electrons. The highest BCUT2D eigenvalue weighted by Gasteiger charge is 2.30. The van der Waals surface area contributed by atoms with Gasteiger partial charge in [-0.2, -0.15) is 0 Å². The molecule has 0 radical (unpaired) electrons. The minimum absolute atomic E-state index is 0.278. The van der Waals surface area contributed by atoms with Crippen LogP contribution in [0.3, 0.4) is 0 Å². The minimum Gasteiger partial charge on any atom is -0.398 e. The molecule has 0 bridgehead atoms. The zero-order valence-electron chi connectivity index (χ0n) is 13.2. The van der Waals surface area contributed by atoms with Crippen molar-refractivity contribution >= 4 is 5.69 Å². The molecule has 1 aromatic carbocycles. The predicted molar refractivity (Wildman–Crippen MR) is 87.1 cm³/mol. The maximum absolute atomic E-state index is 6.44. The maximum atomic E-state index is 6.44. The van der Waals surface area contributed by atoms with E-state index < -0.39 is 5.54 Å². The van der Waals surface area contributed by atoms with E-state index in [1.807, 2.05) is 52.0 Å². The van der Waals surface area contributed by atoms with Crippen molar-refractivity contribution in [3.8, 4) is 0 Å². The van der Waals surface area contributed by atoms with Crippen molar-refractivity contribution in [2.75, 3.05) is 5.73 Å². The Morgan fingerprint density at radius 2 is 1.45 bits per heavy atom. The van der Waals surface area contributed by atoms with Gasteiger partial charge in [-0.3, -0.25) is 0 Å². The SMILES string of the molecule is CC(C)(N)CC(C)(N)CCC(C)(N)c1ccccc1N. The molecule has 0 spiro atoms. The van der Waals surface area contributed by atoms with E-state index in [4.69, 9.17) is 22.9 Å². The second-order valence-electron chi connectivity index (χ2n) is 7.32. The number of benzene rings is 1. The second-order valence-corrected chi connectivity index (χ2v) is 7.32. The molecule has 0 heterocycles. The van der Waals surface area contributed by atoms with Crippen molar-refractivity contribution < 1.29 is 0 Å². The number of para-hydroxylation sites is 1. The fraction of sp³-hybridized carbons (Fsp3) is 0.625. The fourth-order valence-electron chi connectivity index (χ4n) is 2.83. The predicted octanol–water partition coefficient (Wildman–Crippen LogP) is 2.07. The molecule has 1 rings (SSSR count). The Hall–Kier alpha value is -1.10. The standard InChI is InChI=1S/C16H30N4/c1-14(2,18)11-15(3,19)9-10-16(4,20)12-7-5-6-8-13(12)17/h5-8H,9-11,17-20H2,1-4H3. The Balaban J connectivity index is 2.75. The number of nitrogen functional groups attached to an aromatic ring is 1. The van der Waals surface area contributed by atoms with Gasteiger partial charge in [0.2, 0.25) is 0 Å². The monoisotopic (exact) mass is 278 g/mol. The van der Waals surface area contributed by atoms with Gasteiger partial charge in [0.1, 0.15) is 0 Å². The van der Waals surface area contributed by atoms with Gasteiger partial charge < -0.3 is 22.9 Å². The van der Waals surface area contributed by atoms with Crippen LogP contribution in [0.1, 0.15) is 52.5 Å². The van der Waals surface area contributed by atoms with Crippen molar-refractivity contribution in [2.24, 2.45) is 17.2 Å². The summed E-state index contributed by atoms with van der Waals surface area (Å²) in [5.74, 6) is 0. The summed E-state index contributed by atoms with van der Waals surface area (Å²) >= 11 is 0. The molecule has 8 N–H and O–H groups in total. The second kappa shape index (κ2) is 5.72. The zero-order chi connectivity index (χ0) is 15.6. The van der Waals surface area contributed by atoms with Crippen molar-refractivity contribution in [3.63, 3.8) is 0 Å². The molecule has 2 unspecified atom stereocenters. The summed E-state index contributed by atoms with van der Waals surface area (Å²) in [5.41, 5.74) is 25.5. The molecule has 0 aliphatic carbocycles. The third kappa shape index (κ3) is 5.12. The van der Waals surface area contributed by atoms with Crippen LogP contribution in [0.25, 0.3) is 0 Å². The highest BCUT2D eigenvalue weighted by molar-refractivity contribution is 5.49. The first kappa shape index (κ1) is 17.0. The highest BCUT2D eigenvalue weighted by Crippen LogP contribution is 2.31. The molecule has 4 nitrogen and oxygen atoms in total. The number of hydrogen-bond acceptors (Lipinski definition) is 4. The van der Waals surface area contributed by atoms with Crippen molar-refractivity contribution in [3.05, 3.63) is 29.8 Å². The van der Waals surface area contributed by atoms with Gasteiger partial charge in [0.25, 0.3) is 0 Å². The molecule has 0 saturated carbocycles. The van der Waals surface area contributed by atoms with Gasteiger partial charge in [-0.1, -0.05) is 18.2 Å². The maximum Gasteiger partial charge on any atom is 0.0402 e. The van der Waals surface area contributed by atoms with Gasteiger partial charge in [0, 0.05) is 22.3 Å². The number of nitrogens with two attached hydrogens (primary N) is 4. The summed E-state index contributed by atoms with van der Waals surface area (Å²) in [7, 11) is 0. The van der Waals surface area contributed by atoms with E-state index in [0.29, 0.717) is 0 Å². The smallest absolute Gasteiger partial charge is 0.0402 e. The van der Waals surface area contributed by atoms with Crippen LogP contribution in [0.4, 0.5) is 5.69 Å². The van der Waals surface area contributed by atoms with E-state index in [2.05, 4.69) is 0 Å². The molecule has 0 aliphatic rings. The third-order valence-corrected chi connectivity index (χ3v) is 3.65. The summed E-state index contributed by atoms with van der Waals surface area (Å²) in [4.78, 5) is 0. The van der Waals surface area contributed by atoms with Gasteiger partial charge in [-0.15, -0.1) is 0 Å². The molecule has 4 heteroatoms. The number of anilines is 1. The lowest BCUT2D eigenvalue weighted by atomic mass is 9.78. The summed E-state index contributed by atoms with van der Waals surface area (Å²) in [6.07, 6.45) is 2.32. The molecule has 0 amide bonds. The average molecular weight is 278 g/mol. The Morgan fingerprint density at radius 1 is 0.900 bits per heavy atom. The minimum atomic E-state index is -0.481. The molecule has 0 saturated heterocycles. The van der Waals surface area contributed by atoms with E-state index in [-0.39, 0.29) is 11.1 Å². The van der Waals surface area contributed by atoms with E-state index >= 15 is 0 Å². The van der Waals surface area contributed by atoms with Crippen LogP contribution in [0.2, 0.25) is 0 Å². The Morgan fingerprint density at radius 3 is 1.95 bits per heavy atom. The van der Waals surface area contributed by atoms with E-state index in [0.717, 1.165) is 30.5 Å². The summed E-state index contributed by atoms with van der Waals surface area (Å²) < 4.78 is 0. The van der Waals surface area contributed by atoms with Gasteiger partial charge in [-0.25, -0.2) is 0 Å². The zero-order valence-corrected chi connectivity index (χ0v) is 13.2. The van der Waals surface area contributed by atoms with E-state index in [1.54, 1.807) is 0 Å². The molecule has 1 aromatic rings. The van der Waals surface area contributed by atoms with Gasteiger partial charge in [0.05, 0.1) is 0 Å².